The van der Waals surface area contributed by atoms with Gasteiger partial charge in [0.05, 0.1) is 14.2 Å². The molecule has 0 saturated carbocycles. The van der Waals surface area contributed by atoms with E-state index in [4.69, 9.17) is 0 Å². The van der Waals surface area contributed by atoms with Crippen LogP contribution >= 0.6 is 0 Å². The van der Waals surface area contributed by atoms with Crippen LogP contribution in [0.1, 0.15) is 20.8 Å². The number of rotatable bonds is 6. The smallest absolute Gasteiger partial charge is 0.378 e. The molecule has 0 saturated heterocycles. The average Bonchev–Trinajstić information content (AvgIpc) is 2.40. The molecular weight excluding hydrogens is 275 g/mol. The van der Waals surface area contributed by atoms with Crippen molar-refractivity contribution in [3.05, 3.63) is 0 Å². The van der Waals surface area contributed by atoms with E-state index in [1.54, 1.807) is 0 Å². The van der Waals surface area contributed by atoms with Crippen LogP contribution in [-0.2, 0) is 33.4 Å². The number of carbonyl (C=O) groups excluding carboxylic acids is 4. The van der Waals surface area contributed by atoms with Crippen LogP contribution in [0.25, 0.3) is 0 Å². The number of alkyl halides is 1. The normalized spacial score (nSPS) is 14.9. The molecule has 7 nitrogen and oxygen atoms in total. The second-order valence-electron chi connectivity index (χ2n) is 4.30. The van der Waals surface area contributed by atoms with E-state index in [2.05, 4.69) is 14.2 Å². The Hall–Kier alpha value is -1.99. The van der Waals surface area contributed by atoms with Crippen molar-refractivity contribution in [2.45, 2.75) is 32.5 Å². The number of ether oxygens (including phenoxy) is 3. The number of methoxy groups -OCH3 is 2. The van der Waals surface area contributed by atoms with Crippen LogP contribution in [0, 0.1) is 5.92 Å². The Bertz CT molecular complexity index is 418. The largest absolute Gasteiger partial charge is 0.466 e. The Balaban J connectivity index is 5.83. The summed E-state index contributed by atoms with van der Waals surface area (Å²) in [5.41, 5.74) is -3.46. The average molecular weight is 292 g/mol. The Morgan fingerprint density at radius 3 is 1.85 bits per heavy atom. The zero-order valence-electron chi connectivity index (χ0n) is 11.9. The van der Waals surface area contributed by atoms with Crippen molar-refractivity contribution < 1.29 is 37.8 Å². The number of carbonyl (C=O) groups is 4. The first kappa shape index (κ1) is 18.0. The molecule has 114 valence electrons. The topological polar surface area (TPSA) is 96.0 Å². The van der Waals surface area contributed by atoms with E-state index in [1.807, 2.05) is 0 Å². The minimum absolute atomic E-state index is 0.767. The fourth-order valence-electron chi connectivity index (χ4n) is 1.58. The monoisotopic (exact) mass is 292 g/mol. The van der Waals surface area contributed by atoms with Gasteiger partial charge in [-0.15, -0.1) is 0 Å². The standard InChI is InChI=1S/C12H17FO7/c1-6(2)9(20-7(3)14)12(13,11(17)19-5)8(15)10(16)18-4/h6,9H,1-5H3/t9-,12-/m1/s1. The van der Waals surface area contributed by atoms with E-state index in [9.17, 15) is 23.6 Å². The van der Waals surface area contributed by atoms with Crippen LogP contribution in [0.15, 0.2) is 0 Å². The van der Waals surface area contributed by atoms with Crippen LogP contribution in [0.4, 0.5) is 4.39 Å². The summed E-state index contributed by atoms with van der Waals surface area (Å²) >= 11 is 0. The van der Waals surface area contributed by atoms with Crippen LogP contribution < -0.4 is 0 Å². The highest BCUT2D eigenvalue weighted by Crippen LogP contribution is 2.29. The van der Waals surface area contributed by atoms with Crippen LogP contribution in [0.2, 0.25) is 0 Å². The lowest BCUT2D eigenvalue weighted by Crippen LogP contribution is -2.58. The van der Waals surface area contributed by atoms with Gasteiger partial charge in [0, 0.05) is 6.92 Å². The number of hydrogen-bond acceptors (Lipinski definition) is 7. The summed E-state index contributed by atoms with van der Waals surface area (Å²) in [6, 6.07) is 0. The van der Waals surface area contributed by atoms with Crippen molar-refractivity contribution in [2.75, 3.05) is 14.2 Å². The quantitative estimate of drug-likeness (QED) is 0.298. The Labute approximate surface area is 115 Å². The minimum atomic E-state index is -3.46. The molecule has 0 spiro atoms. The highest BCUT2D eigenvalue weighted by atomic mass is 19.1. The molecule has 0 bridgehead atoms. The van der Waals surface area contributed by atoms with Gasteiger partial charge in [-0.25, -0.2) is 14.0 Å². The highest BCUT2D eigenvalue weighted by molar-refractivity contribution is 6.41. The second-order valence-corrected chi connectivity index (χ2v) is 4.30. The maximum atomic E-state index is 14.9. The first-order valence-corrected chi connectivity index (χ1v) is 5.70. The fraction of sp³-hybridized carbons (Fsp3) is 0.667. The van der Waals surface area contributed by atoms with Crippen molar-refractivity contribution in [1.29, 1.82) is 0 Å². The summed E-state index contributed by atoms with van der Waals surface area (Å²) in [6.45, 7) is 3.81. The van der Waals surface area contributed by atoms with Gasteiger partial charge in [-0.2, -0.15) is 0 Å². The molecule has 2 atom stereocenters. The van der Waals surface area contributed by atoms with E-state index in [0.29, 0.717) is 0 Å². The second kappa shape index (κ2) is 6.97. The molecule has 0 heterocycles. The minimum Gasteiger partial charge on any atom is -0.466 e. The molecule has 0 aromatic carbocycles. The van der Waals surface area contributed by atoms with Crippen LogP contribution in [-0.4, -0.2) is 49.7 Å². The van der Waals surface area contributed by atoms with Gasteiger partial charge in [-0.1, -0.05) is 13.8 Å². The Kier molecular flexibility index (Phi) is 6.28. The molecule has 8 heteroatoms. The van der Waals surface area contributed by atoms with E-state index in [0.717, 1.165) is 21.1 Å². The zero-order valence-corrected chi connectivity index (χ0v) is 11.9. The summed E-state index contributed by atoms with van der Waals surface area (Å²) in [5.74, 6) is -6.67. The predicted octanol–water partition coefficient (Wildman–Crippen LogP) is 0.197. The van der Waals surface area contributed by atoms with Gasteiger partial charge in [0.2, 0.25) is 0 Å². The van der Waals surface area contributed by atoms with Crippen LogP contribution in [0.3, 0.4) is 0 Å². The summed E-state index contributed by atoms with van der Waals surface area (Å²) < 4.78 is 27.9. The first-order valence-electron chi connectivity index (χ1n) is 5.70. The maximum Gasteiger partial charge on any atom is 0.378 e. The van der Waals surface area contributed by atoms with E-state index >= 15 is 0 Å². The number of hydrogen-bond donors (Lipinski definition) is 0. The number of halogens is 1. The van der Waals surface area contributed by atoms with Crippen molar-refractivity contribution in [2.24, 2.45) is 5.92 Å². The van der Waals surface area contributed by atoms with Crippen LogP contribution in [0.5, 0.6) is 0 Å². The molecule has 0 aliphatic carbocycles. The Morgan fingerprint density at radius 2 is 1.55 bits per heavy atom. The van der Waals surface area contributed by atoms with Gasteiger partial charge >= 0.3 is 23.6 Å². The summed E-state index contributed by atoms with van der Waals surface area (Å²) in [6.07, 6.45) is -1.81. The third kappa shape index (κ3) is 3.52. The van der Waals surface area contributed by atoms with Crippen molar-refractivity contribution in [1.82, 2.24) is 0 Å². The van der Waals surface area contributed by atoms with Crippen molar-refractivity contribution >= 4 is 23.7 Å². The molecular formula is C12H17FO7. The maximum absolute atomic E-state index is 14.9. The van der Waals surface area contributed by atoms with Gasteiger partial charge in [-0.05, 0) is 5.92 Å². The summed E-state index contributed by atoms with van der Waals surface area (Å²) in [4.78, 5) is 45.6. The first-order chi connectivity index (χ1) is 9.12. The molecule has 0 aliphatic heterocycles. The Morgan fingerprint density at radius 1 is 1.05 bits per heavy atom. The molecule has 0 N–H and O–H groups in total. The van der Waals surface area contributed by atoms with Gasteiger partial charge in [0.1, 0.15) is 0 Å². The molecule has 0 unspecified atom stereocenters. The van der Waals surface area contributed by atoms with Gasteiger partial charge in [0.25, 0.3) is 5.78 Å². The SMILES string of the molecule is COC(=O)C(=O)[C@](F)(C(=O)OC)[C@H](OC(C)=O)C(C)C. The third-order valence-corrected chi connectivity index (χ3v) is 2.47. The van der Waals surface area contributed by atoms with Crippen molar-refractivity contribution in [3.63, 3.8) is 0 Å². The molecule has 20 heavy (non-hydrogen) atoms. The molecule has 0 aromatic heterocycles. The molecule has 0 aromatic rings. The zero-order chi connectivity index (χ0) is 16.1. The van der Waals surface area contributed by atoms with Gasteiger partial charge in [-0.3, -0.25) is 9.59 Å². The lowest BCUT2D eigenvalue weighted by atomic mass is 9.86. The molecule has 0 amide bonds. The highest BCUT2D eigenvalue weighted by Gasteiger charge is 2.60. The number of ketones is 1. The lowest BCUT2D eigenvalue weighted by Gasteiger charge is -2.31. The predicted molar refractivity (Wildman–Crippen MR) is 63.3 cm³/mol. The molecule has 0 fully saturated rings. The molecule has 0 radical (unpaired) electrons. The summed E-state index contributed by atoms with van der Waals surface area (Å²) in [7, 11) is 1.69. The summed E-state index contributed by atoms with van der Waals surface area (Å²) in [5, 5.41) is 0. The van der Waals surface area contributed by atoms with Gasteiger partial charge < -0.3 is 14.2 Å². The number of esters is 3. The van der Waals surface area contributed by atoms with E-state index in [-0.39, 0.29) is 0 Å². The van der Waals surface area contributed by atoms with Gasteiger partial charge in [0.15, 0.2) is 6.10 Å². The van der Waals surface area contributed by atoms with Crippen molar-refractivity contribution in [3.8, 4) is 0 Å². The van der Waals surface area contributed by atoms with E-state index < -0.39 is 41.4 Å². The van der Waals surface area contributed by atoms with E-state index in [1.165, 1.54) is 13.8 Å². The molecule has 0 rings (SSSR count). The third-order valence-electron chi connectivity index (χ3n) is 2.47. The fourth-order valence-corrected chi connectivity index (χ4v) is 1.58. The lowest BCUT2D eigenvalue weighted by molar-refractivity contribution is -0.185. The molecule has 0 aliphatic rings. The number of Topliss-reactive ketones (excluding diaryl/α,β-unsaturated/α-hetero) is 1.